The number of benzene rings is 1. The minimum absolute atomic E-state index is 0.269. The fraction of sp³-hybridized carbons (Fsp3) is 0.333. The SMILES string of the molecule is Cc1cccc(NC(=O)Nc2ccc(N3CCN(C)CC3)nc2)c1. The highest BCUT2D eigenvalue weighted by atomic mass is 16.2. The first-order chi connectivity index (χ1) is 11.6. The van der Waals surface area contributed by atoms with Gasteiger partial charge in [0.05, 0.1) is 11.9 Å². The molecule has 1 aliphatic heterocycles. The molecule has 24 heavy (non-hydrogen) atoms. The first kappa shape index (κ1) is 16.3. The lowest BCUT2D eigenvalue weighted by atomic mass is 10.2. The zero-order valence-corrected chi connectivity index (χ0v) is 14.1. The summed E-state index contributed by atoms with van der Waals surface area (Å²) in [6, 6.07) is 11.3. The Labute approximate surface area is 142 Å². The largest absolute Gasteiger partial charge is 0.354 e. The summed E-state index contributed by atoms with van der Waals surface area (Å²) < 4.78 is 0. The molecule has 0 bridgehead atoms. The van der Waals surface area contributed by atoms with Crippen molar-refractivity contribution in [2.24, 2.45) is 0 Å². The number of nitrogens with one attached hydrogen (secondary N) is 2. The number of urea groups is 1. The van der Waals surface area contributed by atoms with Crippen molar-refractivity contribution in [1.82, 2.24) is 9.88 Å². The minimum atomic E-state index is -0.269. The summed E-state index contributed by atoms with van der Waals surface area (Å²) in [4.78, 5) is 21.1. The number of piperazine rings is 1. The second kappa shape index (κ2) is 7.31. The molecular formula is C18H23N5O. The van der Waals surface area contributed by atoms with Gasteiger partial charge in [0, 0.05) is 31.9 Å². The predicted molar refractivity (Wildman–Crippen MR) is 97.8 cm³/mol. The molecule has 0 unspecified atom stereocenters. The van der Waals surface area contributed by atoms with E-state index >= 15 is 0 Å². The van der Waals surface area contributed by atoms with Crippen molar-refractivity contribution in [2.75, 3.05) is 48.8 Å². The zero-order chi connectivity index (χ0) is 16.9. The molecule has 0 spiro atoms. The summed E-state index contributed by atoms with van der Waals surface area (Å²) in [6.07, 6.45) is 1.70. The Morgan fingerprint density at radius 3 is 2.46 bits per heavy atom. The van der Waals surface area contributed by atoms with Crippen LogP contribution in [-0.4, -0.2) is 49.1 Å². The lowest BCUT2D eigenvalue weighted by Crippen LogP contribution is -2.44. The maximum Gasteiger partial charge on any atom is 0.323 e. The molecule has 1 aliphatic rings. The van der Waals surface area contributed by atoms with Crippen LogP contribution in [0.1, 0.15) is 5.56 Å². The Hall–Kier alpha value is -2.60. The number of aromatic nitrogens is 1. The third-order valence-corrected chi connectivity index (χ3v) is 4.11. The molecule has 1 aromatic heterocycles. The van der Waals surface area contributed by atoms with Crippen molar-refractivity contribution in [2.45, 2.75) is 6.92 Å². The van der Waals surface area contributed by atoms with Gasteiger partial charge in [-0.2, -0.15) is 0 Å². The van der Waals surface area contributed by atoms with E-state index in [1.165, 1.54) is 0 Å². The van der Waals surface area contributed by atoms with E-state index < -0.39 is 0 Å². The molecule has 6 nitrogen and oxygen atoms in total. The number of nitrogens with zero attached hydrogens (tertiary/aromatic N) is 3. The highest BCUT2D eigenvalue weighted by molar-refractivity contribution is 5.99. The Balaban J connectivity index is 1.56. The van der Waals surface area contributed by atoms with Gasteiger partial charge in [0.1, 0.15) is 5.82 Å². The number of likely N-dealkylation sites (N-methyl/N-ethyl adjacent to an activating group) is 1. The summed E-state index contributed by atoms with van der Waals surface area (Å²) in [5.74, 6) is 0.952. The molecule has 0 saturated carbocycles. The molecule has 1 saturated heterocycles. The fourth-order valence-electron chi connectivity index (χ4n) is 2.70. The molecule has 6 heteroatoms. The van der Waals surface area contributed by atoms with Crippen LogP contribution in [-0.2, 0) is 0 Å². The standard InChI is InChI=1S/C18H23N5O/c1-14-4-3-5-15(12-14)20-18(24)21-16-6-7-17(19-13-16)23-10-8-22(2)9-11-23/h3-7,12-13H,8-11H2,1-2H3,(H2,20,21,24). The first-order valence-electron chi connectivity index (χ1n) is 8.14. The summed E-state index contributed by atoms with van der Waals surface area (Å²) in [5.41, 5.74) is 2.55. The molecule has 0 radical (unpaired) electrons. The van der Waals surface area contributed by atoms with E-state index in [9.17, 15) is 4.79 Å². The van der Waals surface area contributed by atoms with Crippen LogP contribution in [0.2, 0.25) is 0 Å². The Morgan fingerprint density at radius 2 is 1.79 bits per heavy atom. The van der Waals surface area contributed by atoms with Gasteiger partial charge in [-0.3, -0.25) is 0 Å². The van der Waals surface area contributed by atoms with Gasteiger partial charge in [0.25, 0.3) is 0 Å². The number of hydrogen-bond acceptors (Lipinski definition) is 4. The number of carbonyl (C=O) groups is 1. The Morgan fingerprint density at radius 1 is 1.04 bits per heavy atom. The maximum atomic E-state index is 12.0. The van der Waals surface area contributed by atoms with Gasteiger partial charge in [-0.15, -0.1) is 0 Å². The van der Waals surface area contributed by atoms with Crippen LogP contribution in [0.3, 0.4) is 0 Å². The molecule has 1 aromatic carbocycles. The van der Waals surface area contributed by atoms with E-state index in [0.717, 1.165) is 43.2 Å². The van der Waals surface area contributed by atoms with Crippen molar-refractivity contribution in [3.8, 4) is 0 Å². The molecule has 0 atom stereocenters. The van der Waals surface area contributed by atoms with Gasteiger partial charge in [-0.1, -0.05) is 12.1 Å². The van der Waals surface area contributed by atoms with Crippen LogP contribution in [0.25, 0.3) is 0 Å². The second-order valence-corrected chi connectivity index (χ2v) is 6.14. The van der Waals surface area contributed by atoms with Gasteiger partial charge in [0.15, 0.2) is 0 Å². The summed E-state index contributed by atoms with van der Waals surface area (Å²) >= 11 is 0. The molecule has 2 amide bonds. The molecule has 1 fully saturated rings. The van der Waals surface area contributed by atoms with Crippen LogP contribution in [0.15, 0.2) is 42.6 Å². The van der Waals surface area contributed by atoms with Gasteiger partial charge in [0.2, 0.25) is 0 Å². The van der Waals surface area contributed by atoms with E-state index in [1.54, 1.807) is 6.20 Å². The quantitative estimate of drug-likeness (QED) is 0.911. The number of aryl methyl sites for hydroxylation is 1. The van der Waals surface area contributed by atoms with Crippen LogP contribution in [0.4, 0.5) is 22.0 Å². The highest BCUT2D eigenvalue weighted by Crippen LogP contribution is 2.16. The molecule has 0 aliphatic carbocycles. The smallest absolute Gasteiger partial charge is 0.323 e. The van der Waals surface area contributed by atoms with Crippen molar-refractivity contribution in [1.29, 1.82) is 0 Å². The van der Waals surface area contributed by atoms with E-state index in [-0.39, 0.29) is 6.03 Å². The molecule has 2 heterocycles. The normalized spacial score (nSPS) is 15.2. The number of rotatable bonds is 3. The first-order valence-corrected chi connectivity index (χ1v) is 8.14. The topological polar surface area (TPSA) is 60.5 Å². The van der Waals surface area contributed by atoms with E-state index in [0.29, 0.717) is 5.69 Å². The highest BCUT2D eigenvalue weighted by Gasteiger charge is 2.15. The van der Waals surface area contributed by atoms with Gasteiger partial charge >= 0.3 is 6.03 Å². The van der Waals surface area contributed by atoms with Crippen LogP contribution in [0.5, 0.6) is 0 Å². The van der Waals surface area contributed by atoms with Crippen molar-refractivity contribution in [3.05, 3.63) is 48.2 Å². The number of amides is 2. The number of carbonyl (C=O) groups excluding carboxylic acids is 1. The van der Waals surface area contributed by atoms with Gasteiger partial charge in [-0.25, -0.2) is 9.78 Å². The molecule has 2 N–H and O–H groups in total. The van der Waals surface area contributed by atoms with Gasteiger partial charge in [-0.05, 0) is 43.8 Å². The Bertz CT molecular complexity index is 693. The zero-order valence-electron chi connectivity index (χ0n) is 14.1. The lowest BCUT2D eigenvalue weighted by molar-refractivity contribution is 0.262. The third-order valence-electron chi connectivity index (χ3n) is 4.11. The van der Waals surface area contributed by atoms with Crippen LogP contribution in [0, 0.1) is 6.92 Å². The van der Waals surface area contributed by atoms with Crippen molar-refractivity contribution in [3.63, 3.8) is 0 Å². The van der Waals surface area contributed by atoms with Crippen molar-refractivity contribution < 1.29 is 4.79 Å². The molecule has 126 valence electrons. The van der Waals surface area contributed by atoms with Crippen LogP contribution >= 0.6 is 0 Å². The molecular weight excluding hydrogens is 302 g/mol. The fourth-order valence-corrected chi connectivity index (χ4v) is 2.70. The Kier molecular flexibility index (Phi) is 4.96. The average Bonchev–Trinajstić information content (AvgIpc) is 2.56. The number of hydrogen-bond donors (Lipinski definition) is 2. The van der Waals surface area contributed by atoms with E-state index in [2.05, 4.69) is 32.5 Å². The molecule has 2 aromatic rings. The second-order valence-electron chi connectivity index (χ2n) is 6.14. The summed E-state index contributed by atoms with van der Waals surface area (Å²) in [7, 11) is 2.13. The van der Waals surface area contributed by atoms with Gasteiger partial charge < -0.3 is 20.4 Å². The predicted octanol–water partition coefficient (Wildman–Crippen LogP) is 2.79. The number of pyridine rings is 1. The number of anilines is 3. The molecule has 3 rings (SSSR count). The average molecular weight is 325 g/mol. The summed E-state index contributed by atoms with van der Waals surface area (Å²) in [6.45, 7) is 6.03. The third kappa shape index (κ3) is 4.23. The minimum Gasteiger partial charge on any atom is -0.354 e. The van der Waals surface area contributed by atoms with Crippen molar-refractivity contribution >= 4 is 23.2 Å². The monoisotopic (exact) mass is 325 g/mol. The lowest BCUT2D eigenvalue weighted by Gasteiger charge is -2.33. The van der Waals surface area contributed by atoms with E-state index in [4.69, 9.17) is 0 Å². The summed E-state index contributed by atoms with van der Waals surface area (Å²) in [5, 5.41) is 5.63. The van der Waals surface area contributed by atoms with E-state index in [1.807, 2.05) is 43.3 Å². The maximum absolute atomic E-state index is 12.0. The van der Waals surface area contributed by atoms with Crippen LogP contribution < -0.4 is 15.5 Å².